The van der Waals surface area contributed by atoms with Crippen LogP contribution in [0.3, 0.4) is 0 Å². The largest absolute Gasteiger partial charge is 0.459 e. The second-order valence-corrected chi connectivity index (χ2v) is 5.59. The van der Waals surface area contributed by atoms with E-state index in [0.29, 0.717) is 18.5 Å². The van der Waals surface area contributed by atoms with E-state index in [1.807, 2.05) is 6.92 Å². The number of hydrogen-bond donors (Lipinski definition) is 2. The molecule has 4 unspecified atom stereocenters. The van der Waals surface area contributed by atoms with Crippen molar-refractivity contribution in [2.75, 3.05) is 5.73 Å². The second-order valence-electron chi connectivity index (χ2n) is 5.59. The van der Waals surface area contributed by atoms with Crippen LogP contribution in [0.4, 0.5) is 5.69 Å². The maximum atomic E-state index is 11.3. The van der Waals surface area contributed by atoms with Crippen LogP contribution in [0.5, 0.6) is 0 Å². The molecule has 6 nitrogen and oxygen atoms in total. The van der Waals surface area contributed by atoms with Crippen molar-refractivity contribution in [1.82, 2.24) is 4.98 Å². The van der Waals surface area contributed by atoms with E-state index in [9.17, 15) is 9.90 Å². The van der Waals surface area contributed by atoms with Crippen molar-refractivity contribution >= 4 is 11.7 Å². The van der Waals surface area contributed by atoms with Crippen LogP contribution in [0.2, 0.25) is 0 Å². The van der Waals surface area contributed by atoms with Crippen molar-refractivity contribution in [1.29, 1.82) is 0 Å². The molecule has 0 radical (unpaired) electrons. The molecule has 0 bridgehead atoms. The summed E-state index contributed by atoms with van der Waals surface area (Å²) in [6.45, 7) is 4.89. The summed E-state index contributed by atoms with van der Waals surface area (Å²) in [4.78, 5) is 15.3. The average molecular weight is 294 g/mol. The van der Waals surface area contributed by atoms with Crippen LogP contribution >= 0.6 is 0 Å². The SMILES string of the molecule is CCC1OC(c2ccncc2N)CC(OC(C)=O)C1(C)O. The van der Waals surface area contributed by atoms with Crippen molar-refractivity contribution in [2.45, 2.75) is 57.5 Å². The van der Waals surface area contributed by atoms with Gasteiger partial charge < -0.3 is 20.3 Å². The minimum absolute atomic E-state index is 0.331. The zero-order chi connectivity index (χ0) is 15.6. The summed E-state index contributed by atoms with van der Waals surface area (Å²) in [5, 5.41) is 10.6. The number of carbonyl (C=O) groups is 1. The van der Waals surface area contributed by atoms with Gasteiger partial charge in [0, 0.05) is 25.1 Å². The van der Waals surface area contributed by atoms with Crippen LogP contribution in [0.25, 0.3) is 0 Å². The highest BCUT2D eigenvalue weighted by molar-refractivity contribution is 5.66. The molecule has 1 fully saturated rings. The number of hydrogen-bond acceptors (Lipinski definition) is 6. The minimum atomic E-state index is -1.22. The lowest BCUT2D eigenvalue weighted by molar-refractivity contribution is -0.232. The number of rotatable bonds is 3. The fourth-order valence-corrected chi connectivity index (χ4v) is 2.82. The van der Waals surface area contributed by atoms with Gasteiger partial charge in [0.05, 0.1) is 24.1 Å². The maximum Gasteiger partial charge on any atom is 0.303 e. The number of nitrogens with zero attached hydrogens (tertiary/aromatic N) is 1. The molecule has 116 valence electrons. The Kier molecular flexibility index (Phi) is 4.49. The zero-order valence-electron chi connectivity index (χ0n) is 12.6. The van der Waals surface area contributed by atoms with E-state index in [2.05, 4.69) is 4.98 Å². The molecular weight excluding hydrogens is 272 g/mol. The predicted octanol–water partition coefficient (Wildman–Crippen LogP) is 1.59. The first kappa shape index (κ1) is 15.7. The van der Waals surface area contributed by atoms with E-state index in [1.54, 1.807) is 25.4 Å². The Morgan fingerprint density at radius 1 is 1.67 bits per heavy atom. The molecular formula is C15H22N2O4. The third kappa shape index (κ3) is 3.16. The molecule has 3 N–H and O–H groups in total. The van der Waals surface area contributed by atoms with E-state index in [0.717, 1.165) is 5.56 Å². The van der Waals surface area contributed by atoms with Crippen LogP contribution in [0, 0.1) is 0 Å². The van der Waals surface area contributed by atoms with Gasteiger partial charge in [-0.05, 0) is 19.4 Å². The van der Waals surface area contributed by atoms with Crippen molar-refractivity contribution in [3.05, 3.63) is 24.0 Å². The van der Waals surface area contributed by atoms with Crippen molar-refractivity contribution < 1.29 is 19.4 Å². The first-order chi connectivity index (χ1) is 9.86. The van der Waals surface area contributed by atoms with Crippen LogP contribution < -0.4 is 5.73 Å². The number of aromatic nitrogens is 1. The molecule has 4 atom stereocenters. The Labute approximate surface area is 124 Å². The number of nitrogen functional groups attached to an aromatic ring is 1. The predicted molar refractivity (Wildman–Crippen MR) is 77.3 cm³/mol. The van der Waals surface area contributed by atoms with Gasteiger partial charge in [0.2, 0.25) is 0 Å². The number of nitrogens with two attached hydrogens (primary N) is 1. The molecule has 2 heterocycles. The Hall–Kier alpha value is -1.66. The Balaban J connectivity index is 2.30. The van der Waals surface area contributed by atoms with Crippen molar-refractivity contribution in [3.63, 3.8) is 0 Å². The standard InChI is InChI=1S/C15H22N2O4/c1-4-13-15(3,19)14(20-9(2)18)7-12(21-13)10-5-6-17-8-11(10)16/h5-6,8,12-14,19H,4,7,16H2,1-3H3. The fraction of sp³-hybridized carbons (Fsp3) is 0.600. The Bertz CT molecular complexity index is 518. The molecule has 21 heavy (non-hydrogen) atoms. The average Bonchev–Trinajstić information content (AvgIpc) is 2.41. The Morgan fingerprint density at radius 2 is 2.38 bits per heavy atom. The van der Waals surface area contributed by atoms with Crippen LogP contribution in [0.1, 0.15) is 45.3 Å². The number of carbonyl (C=O) groups excluding carboxylic acids is 1. The lowest BCUT2D eigenvalue weighted by atomic mass is 9.82. The number of aliphatic hydroxyl groups is 1. The van der Waals surface area contributed by atoms with Crippen LogP contribution in [0.15, 0.2) is 18.5 Å². The monoisotopic (exact) mass is 294 g/mol. The van der Waals surface area contributed by atoms with Gasteiger partial charge in [-0.25, -0.2) is 0 Å². The molecule has 0 aliphatic carbocycles. The quantitative estimate of drug-likeness (QED) is 0.822. The normalized spacial score (nSPS) is 32.7. The molecule has 0 amide bonds. The number of anilines is 1. The molecule has 0 saturated carbocycles. The van der Waals surface area contributed by atoms with Gasteiger partial charge in [0.15, 0.2) is 0 Å². The number of pyridine rings is 1. The zero-order valence-corrected chi connectivity index (χ0v) is 12.6. The number of ether oxygens (including phenoxy) is 2. The highest BCUT2D eigenvalue weighted by atomic mass is 16.6. The molecule has 1 aromatic heterocycles. The lowest BCUT2D eigenvalue weighted by Crippen LogP contribution is -2.56. The van der Waals surface area contributed by atoms with Gasteiger partial charge in [-0.1, -0.05) is 6.92 Å². The molecule has 0 spiro atoms. The van der Waals surface area contributed by atoms with E-state index >= 15 is 0 Å². The first-order valence-corrected chi connectivity index (χ1v) is 7.10. The third-order valence-corrected chi connectivity index (χ3v) is 3.97. The van der Waals surface area contributed by atoms with Gasteiger partial charge in [0.25, 0.3) is 0 Å². The summed E-state index contributed by atoms with van der Waals surface area (Å²) >= 11 is 0. The fourth-order valence-electron chi connectivity index (χ4n) is 2.82. The molecule has 1 saturated heterocycles. The third-order valence-electron chi connectivity index (χ3n) is 3.97. The summed E-state index contributed by atoms with van der Waals surface area (Å²) in [7, 11) is 0. The topological polar surface area (TPSA) is 94.7 Å². The summed E-state index contributed by atoms with van der Waals surface area (Å²) in [6.07, 6.45) is 2.77. The summed E-state index contributed by atoms with van der Waals surface area (Å²) in [5.41, 5.74) is 6.05. The molecule has 1 aromatic rings. The van der Waals surface area contributed by atoms with E-state index < -0.39 is 23.8 Å². The number of esters is 1. The highest BCUT2D eigenvalue weighted by Crippen LogP contribution is 2.41. The van der Waals surface area contributed by atoms with E-state index in [1.165, 1.54) is 6.92 Å². The highest BCUT2D eigenvalue weighted by Gasteiger charge is 2.48. The second kappa shape index (κ2) is 5.99. The molecule has 0 aromatic carbocycles. The molecule has 1 aliphatic rings. The van der Waals surface area contributed by atoms with E-state index in [-0.39, 0.29) is 6.10 Å². The van der Waals surface area contributed by atoms with Gasteiger partial charge in [-0.2, -0.15) is 0 Å². The Morgan fingerprint density at radius 3 is 2.95 bits per heavy atom. The van der Waals surface area contributed by atoms with E-state index in [4.69, 9.17) is 15.2 Å². The van der Waals surface area contributed by atoms with Gasteiger partial charge in [-0.15, -0.1) is 0 Å². The summed E-state index contributed by atoms with van der Waals surface area (Å²) in [5.74, 6) is -0.418. The molecule has 6 heteroatoms. The summed E-state index contributed by atoms with van der Waals surface area (Å²) in [6, 6.07) is 1.79. The lowest BCUT2D eigenvalue weighted by Gasteiger charge is -2.45. The van der Waals surface area contributed by atoms with Gasteiger partial charge >= 0.3 is 5.97 Å². The van der Waals surface area contributed by atoms with Crippen molar-refractivity contribution in [3.8, 4) is 0 Å². The van der Waals surface area contributed by atoms with Gasteiger partial charge in [0.1, 0.15) is 11.7 Å². The molecule has 1 aliphatic heterocycles. The first-order valence-electron chi connectivity index (χ1n) is 7.10. The summed E-state index contributed by atoms with van der Waals surface area (Å²) < 4.78 is 11.3. The van der Waals surface area contributed by atoms with Crippen molar-refractivity contribution in [2.24, 2.45) is 0 Å². The smallest absolute Gasteiger partial charge is 0.303 e. The van der Waals surface area contributed by atoms with Crippen LogP contribution in [-0.4, -0.2) is 33.9 Å². The maximum absolute atomic E-state index is 11.3. The van der Waals surface area contributed by atoms with Gasteiger partial charge in [-0.3, -0.25) is 9.78 Å². The minimum Gasteiger partial charge on any atom is -0.459 e. The molecule has 2 rings (SSSR count). The van der Waals surface area contributed by atoms with Crippen LogP contribution in [-0.2, 0) is 14.3 Å².